The minimum Gasteiger partial charge on any atom is -0.465 e. The average molecular weight is 344 g/mol. The van der Waals surface area contributed by atoms with Crippen molar-refractivity contribution < 1.29 is 18.7 Å². The van der Waals surface area contributed by atoms with Crippen LogP contribution in [0.25, 0.3) is 5.57 Å². The van der Waals surface area contributed by atoms with E-state index in [-0.39, 0.29) is 24.1 Å². The molecule has 1 aliphatic carbocycles. The lowest BCUT2D eigenvalue weighted by Crippen LogP contribution is -2.33. The predicted molar refractivity (Wildman–Crippen MR) is 91.2 cm³/mol. The maximum Gasteiger partial charge on any atom is 0.317 e. The summed E-state index contributed by atoms with van der Waals surface area (Å²) in [6, 6.07) is 9.99. The first-order valence-corrected chi connectivity index (χ1v) is 8.68. The fourth-order valence-corrected chi connectivity index (χ4v) is 3.91. The Morgan fingerprint density at radius 1 is 1.33 bits per heavy atom. The third-order valence-electron chi connectivity index (χ3n) is 4.11. The number of halogens is 1. The fourth-order valence-electron chi connectivity index (χ4n) is 3.04. The number of hydrogen-bond acceptors (Lipinski definition) is 4. The van der Waals surface area contributed by atoms with Gasteiger partial charge in [-0.25, -0.2) is 4.39 Å². The Morgan fingerprint density at radius 2 is 2.17 bits per heavy atom. The van der Waals surface area contributed by atoms with Crippen molar-refractivity contribution in [3.8, 4) is 0 Å². The molecule has 3 rings (SSSR count). The van der Waals surface area contributed by atoms with E-state index in [0.717, 1.165) is 10.5 Å². The number of thiophene rings is 1. The second-order valence-corrected chi connectivity index (χ2v) is 6.62. The molecule has 1 aromatic carbocycles. The molecule has 0 saturated carbocycles. The maximum absolute atomic E-state index is 13.5. The van der Waals surface area contributed by atoms with Crippen molar-refractivity contribution in [1.29, 1.82) is 0 Å². The topological polar surface area (TPSA) is 43.4 Å². The lowest BCUT2D eigenvalue weighted by molar-refractivity contribution is -0.151. The van der Waals surface area contributed by atoms with Crippen LogP contribution in [0.1, 0.15) is 29.7 Å². The van der Waals surface area contributed by atoms with E-state index in [1.165, 1.54) is 29.5 Å². The number of carbonyl (C=O) groups is 2. The van der Waals surface area contributed by atoms with Gasteiger partial charge in [0.1, 0.15) is 11.7 Å². The molecule has 0 fully saturated rings. The van der Waals surface area contributed by atoms with Gasteiger partial charge >= 0.3 is 5.97 Å². The normalized spacial score (nSPS) is 20.6. The maximum atomic E-state index is 13.5. The lowest BCUT2D eigenvalue weighted by Gasteiger charge is -2.28. The SMILES string of the molecule is CCOC(=O)[C@H]1C(=O)C=C(c2cccc(F)c2)C[C@H]1c1cccs1. The molecule has 0 radical (unpaired) electrons. The van der Waals surface area contributed by atoms with Gasteiger partial charge in [-0.3, -0.25) is 9.59 Å². The summed E-state index contributed by atoms with van der Waals surface area (Å²) >= 11 is 1.51. The Hall–Kier alpha value is -2.27. The number of rotatable bonds is 4. The van der Waals surface area contributed by atoms with Crippen LogP contribution < -0.4 is 0 Å². The molecule has 0 unspecified atom stereocenters. The summed E-state index contributed by atoms with van der Waals surface area (Å²) in [5.41, 5.74) is 1.42. The molecular formula is C19H17FO3S. The zero-order valence-corrected chi connectivity index (χ0v) is 14.0. The average Bonchev–Trinajstić information content (AvgIpc) is 3.08. The Kier molecular flexibility index (Phi) is 4.90. The first-order valence-electron chi connectivity index (χ1n) is 7.80. The number of ketones is 1. The smallest absolute Gasteiger partial charge is 0.317 e. The molecule has 24 heavy (non-hydrogen) atoms. The van der Waals surface area contributed by atoms with Crippen LogP contribution in [-0.4, -0.2) is 18.4 Å². The van der Waals surface area contributed by atoms with Crippen LogP contribution in [0.4, 0.5) is 4.39 Å². The number of benzene rings is 1. The van der Waals surface area contributed by atoms with E-state index in [0.29, 0.717) is 12.0 Å². The lowest BCUT2D eigenvalue weighted by atomic mass is 9.76. The number of hydrogen-bond donors (Lipinski definition) is 0. The van der Waals surface area contributed by atoms with Crippen molar-refractivity contribution in [2.45, 2.75) is 19.3 Å². The monoisotopic (exact) mass is 344 g/mol. The van der Waals surface area contributed by atoms with Gasteiger partial charge in [-0.05, 0) is 54.1 Å². The number of ether oxygens (including phenoxy) is 1. The Balaban J connectivity index is 2.00. The molecule has 0 spiro atoms. The van der Waals surface area contributed by atoms with Gasteiger partial charge in [-0.15, -0.1) is 11.3 Å². The van der Waals surface area contributed by atoms with Crippen LogP contribution in [0.3, 0.4) is 0 Å². The Labute approximate surface area is 143 Å². The van der Waals surface area contributed by atoms with Crippen LogP contribution in [0, 0.1) is 11.7 Å². The zero-order valence-electron chi connectivity index (χ0n) is 13.2. The van der Waals surface area contributed by atoms with Crippen LogP contribution in [0.2, 0.25) is 0 Å². The molecule has 0 saturated heterocycles. The van der Waals surface area contributed by atoms with Gasteiger partial charge in [0.25, 0.3) is 0 Å². The second kappa shape index (κ2) is 7.09. The summed E-state index contributed by atoms with van der Waals surface area (Å²) < 4.78 is 18.6. The third kappa shape index (κ3) is 3.31. The van der Waals surface area contributed by atoms with Gasteiger partial charge in [-0.1, -0.05) is 18.2 Å². The summed E-state index contributed by atoms with van der Waals surface area (Å²) in [6.45, 7) is 1.96. The molecule has 124 valence electrons. The van der Waals surface area contributed by atoms with Gasteiger partial charge in [0, 0.05) is 10.8 Å². The van der Waals surface area contributed by atoms with E-state index in [4.69, 9.17) is 4.74 Å². The predicted octanol–water partition coefficient (Wildman–Crippen LogP) is 4.21. The van der Waals surface area contributed by atoms with E-state index in [2.05, 4.69) is 0 Å². The summed E-state index contributed by atoms with van der Waals surface area (Å²) in [5.74, 6) is -2.23. The van der Waals surface area contributed by atoms with Gasteiger partial charge in [0.05, 0.1) is 6.61 Å². The molecule has 0 N–H and O–H groups in total. The first-order chi connectivity index (χ1) is 11.6. The molecule has 1 aliphatic rings. The van der Waals surface area contributed by atoms with Crippen LogP contribution in [-0.2, 0) is 14.3 Å². The highest BCUT2D eigenvalue weighted by Crippen LogP contribution is 2.41. The fraction of sp³-hybridized carbons (Fsp3) is 0.263. The van der Waals surface area contributed by atoms with Gasteiger partial charge in [0.15, 0.2) is 5.78 Å². The summed E-state index contributed by atoms with van der Waals surface area (Å²) in [4.78, 5) is 25.9. The first kappa shape index (κ1) is 16.6. The molecule has 2 atom stereocenters. The molecule has 0 bridgehead atoms. The highest BCUT2D eigenvalue weighted by atomic mass is 32.1. The van der Waals surface area contributed by atoms with Gasteiger partial charge in [0.2, 0.25) is 0 Å². The van der Waals surface area contributed by atoms with E-state index in [1.807, 2.05) is 17.5 Å². The number of allylic oxidation sites excluding steroid dienone is 2. The third-order valence-corrected chi connectivity index (χ3v) is 5.11. The number of esters is 1. The standard InChI is InChI=1S/C19H17FO3S/c1-2-23-19(22)18-15(17-7-4-8-24-17)10-13(11-16(18)21)12-5-3-6-14(20)9-12/h3-9,11,15,18H,2,10H2,1H3/t15-,18+/m0/s1. The van der Waals surface area contributed by atoms with Crippen molar-refractivity contribution in [3.05, 3.63) is 64.1 Å². The number of carbonyl (C=O) groups excluding carboxylic acids is 2. The van der Waals surface area contributed by atoms with Gasteiger partial charge in [-0.2, -0.15) is 0 Å². The Bertz CT molecular complexity index is 780. The van der Waals surface area contributed by atoms with E-state index >= 15 is 0 Å². The quantitative estimate of drug-likeness (QED) is 0.616. The molecule has 0 aliphatic heterocycles. The Morgan fingerprint density at radius 3 is 2.83 bits per heavy atom. The molecule has 1 aromatic heterocycles. The highest BCUT2D eigenvalue weighted by molar-refractivity contribution is 7.10. The molecule has 3 nitrogen and oxygen atoms in total. The molecule has 5 heteroatoms. The van der Waals surface area contributed by atoms with Crippen molar-refractivity contribution in [1.82, 2.24) is 0 Å². The minimum absolute atomic E-state index is 0.236. The van der Waals surface area contributed by atoms with Crippen LogP contribution in [0.5, 0.6) is 0 Å². The molecule has 1 heterocycles. The molecule has 0 amide bonds. The van der Waals surface area contributed by atoms with E-state index in [1.54, 1.807) is 19.1 Å². The van der Waals surface area contributed by atoms with Gasteiger partial charge < -0.3 is 4.74 Å². The highest BCUT2D eigenvalue weighted by Gasteiger charge is 2.40. The van der Waals surface area contributed by atoms with Crippen LogP contribution >= 0.6 is 11.3 Å². The van der Waals surface area contributed by atoms with E-state index < -0.39 is 11.9 Å². The summed E-state index contributed by atoms with van der Waals surface area (Å²) in [6.07, 6.45) is 1.96. The summed E-state index contributed by atoms with van der Waals surface area (Å²) in [5, 5.41) is 1.92. The largest absolute Gasteiger partial charge is 0.465 e. The second-order valence-electron chi connectivity index (χ2n) is 5.64. The van der Waals surface area contributed by atoms with Crippen molar-refractivity contribution in [2.24, 2.45) is 5.92 Å². The van der Waals surface area contributed by atoms with Crippen molar-refractivity contribution in [3.63, 3.8) is 0 Å². The van der Waals surface area contributed by atoms with Crippen molar-refractivity contribution >= 4 is 28.7 Å². The van der Waals surface area contributed by atoms with E-state index in [9.17, 15) is 14.0 Å². The van der Waals surface area contributed by atoms with Crippen LogP contribution in [0.15, 0.2) is 47.9 Å². The molecular weight excluding hydrogens is 327 g/mol. The van der Waals surface area contributed by atoms with Crippen molar-refractivity contribution in [2.75, 3.05) is 6.61 Å². The summed E-state index contributed by atoms with van der Waals surface area (Å²) in [7, 11) is 0. The molecule has 2 aromatic rings. The zero-order chi connectivity index (χ0) is 17.1. The minimum atomic E-state index is -0.832.